The number of aryl methyl sites for hydroxylation is 1. The number of carboxylic acid groups (broad SMARTS) is 1. The van der Waals surface area contributed by atoms with Gasteiger partial charge in [-0.1, -0.05) is 37.3 Å². The Kier molecular flexibility index (Phi) is 4.05. The lowest BCUT2D eigenvalue weighted by Gasteiger charge is -2.06. The highest BCUT2D eigenvalue weighted by molar-refractivity contribution is 7.17. The van der Waals surface area contributed by atoms with Crippen LogP contribution in [0.4, 0.5) is 4.39 Å². The van der Waals surface area contributed by atoms with Gasteiger partial charge in [-0.25, -0.2) is 14.2 Å². The minimum Gasteiger partial charge on any atom is -0.476 e. The zero-order valence-electron chi connectivity index (χ0n) is 13.9. The predicted molar refractivity (Wildman–Crippen MR) is 100 cm³/mol. The topological polar surface area (TPSA) is 54.6 Å². The van der Waals surface area contributed by atoms with Crippen LogP contribution in [0.25, 0.3) is 27.5 Å². The number of halogens is 1. The quantitative estimate of drug-likeness (QED) is 0.545. The van der Waals surface area contributed by atoms with Crippen LogP contribution in [0, 0.1) is 5.82 Å². The van der Waals surface area contributed by atoms with Crippen LogP contribution >= 0.6 is 11.3 Å². The number of fused-ring (bicyclic) bond motifs is 1. The van der Waals surface area contributed by atoms with Gasteiger partial charge in [0.1, 0.15) is 11.5 Å². The van der Waals surface area contributed by atoms with Gasteiger partial charge in [0.2, 0.25) is 0 Å². The van der Waals surface area contributed by atoms with Gasteiger partial charge in [0.05, 0.1) is 5.69 Å². The third kappa shape index (κ3) is 2.59. The lowest BCUT2D eigenvalue weighted by Crippen LogP contribution is -2.05. The van der Waals surface area contributed by atoms with E-state index in [1.807, 2.05) is 37.3 Å². The summed E-state index contributed by atoms with van der Waals surface area (Å²) >= 11 is 1.46. The maximum Gasteiger partial charge on any atom is 0.355 e. The van der Waals surface area contributed by atoms with Crippen molar-refractivity contribution < 1.29 is 14.3 Å². The molecule has 0 amide bonds. The Morgan fingerprint density at radius 1 is 1.12 bits per heavy atom. The van der Waals surface area contributed by atoms with Gasteiger partial charge in [0.15, 0.2) is 10.7 Å². The molecule has 2 aromatic carbocycles. The molecule has 4 nitrogen and oxygen atoms in total. The SMILES string of the molecule is CCc1sc2nc(-c3ccccc3)c(C(=O)O)n2c1-c1ccc(F)cc1. The molecule has 4 rings (SSSR count). The van der Waals surface area contributed by atoms with Crippen molar-refractivity contribution in [1.29, 1.82) is 0 Å². The number of hydrogen-bond donors (Lipinski definition) is 1. The van der Waals surface area contributed by atoms with Gasteiger partial charge in [-0.3, -0.25) is 4.40 Å². The Balaban J connectivity index is 2.06. The lowest BCUT2D eigenvalue weighted by atomic mass is 10.1. The molecule has 1 N–H and O–H groups in total. The fourth-order valence-corrected chi connectivity index (χ4v) is 4.17. The van der Waals surface area contributed by atoms with Crippen molar-refractivity contribution in [2.75, 3.05) is 0 Å². The molecule has 0 bridgehead atoms. The Hall–Kier alpha value is -2.99. The van der Waals surface area contributed by atoms with E-state index in [1.165, 1.54) is 23.5 Å². The summed E-state index contributed by atoms with van der Waals surface area (Å²) in [5, 5.41) is 9.90. The number of rotatable bonds is 4. The molecule has 0 spiro atoms. The van der Waals surface area contributed by atoms with Crippen molar-refractivity contribution in [2.24, 2.45) is 0 Å². The average molecular weight is 366 g/mol. The first-order valence-electron chi connectivity index (χ1n) is 8.19. The molecule has 0 aliphatic heterocycles. The molecule has 6 heteroatoms. The number of carbonyl (C=O) groups is 1. The van der Waals surface area contributed by atoms with E-state index >= 15 is 0 Å². The van der Waals surface area contributed by atoms with Crippen LogP contribution in [0.1, 0.15) is 22.3 Å². The van der Waals surface area contributed by atoms with Gasteiger partial charge in [0.25, 0.3) is 0 Å². The molecular formula is C20H15FN2O2S. The van der Waals surface area contributed by atoms with Crippen molar-refractivity contribution in [2.45, 2.75) is 13.3 Å². The molecule has 4 aromatic rings. The molecule has 2 heterocycles. The second-order valence-electron chi connectivity index (χ2n) is 5.83. The first-order valence-corrected chi connectivity index (χ1v) is 9.00. The van der Waals surface area contributed by atoms with Crippen LogP contribution in [0.5, 0.6) is 0 Å². The average Bonchev–Trinajstić information content (AvgIpc) is 3.18. The fourth-order valence-electron chi connectivity index (χ4n) is 3.09. The Bertz CT molecular complexity index is 1100. The monoisotopic (exact) mass is 366 g/mol. The Morgan fingerprint density at radius 3 is 2.42 bits per heavy atom. The second kappa shape index (κ2) is 6.38. The van der Waals surface area contributed by atoms with Crippen molar-refractivity contribution in [3.8, 4) is 22.5 Å². The van der Waals surface area contributed by atoms with Crippen molar-refractivity contribution in [3.05, 3.63) is 71.0 Å². The maximum absolute atomic E-state index is 13.3. The van der Waals surface area contributed by atoms with Crippen molar-refractivity contribution in [1.82, 2.24) is 9.38 Å². The van der Waals surface area contributed by atoms with E-state index in [-0.39, 0.29) is 11.5 Å². The van der Waals surface area contributed by atoms with Gasteiger partial charge in [-0.05, 0) is 36.2 Å². The number of aromatic carboxylic acids is 1. The predicted octanol–water partition coefficient (Wildman–Crippen LogP) is 5.13. The molecule has 0 radical (unpaired) electrons. The van der Waals surface area contributed by atoms with Crippen molar-refractivity contribution in [3.63, 3.8) is 0 Å². The summed E-state index contributed by atoms with van der Waals surface area (Å²) in [6, 6.07) is 15.4. The van der Waals surface area contributed by atoms with Gasteiger partial charge in [-0.15, -0.1) is 11.3 Å². The zero-order chi connectivity index (χ0) is 18.3. The summed E-state index contributed by atoms with van der Waals surface area (Å²) in [4.78, 5) is 18.3. The van der Waals surface area contributed by atoms with Gasteiger partial charge >= 0.3 is 5.97 Å². The number of nitrogens with zero attached hydrogens (tertiary/aromatic N) is 2. The highest BCUT2D eigenvalue weighted by atomic mass is 32.1. The van der Waals surface area contributed by atoms with E-state index in [0.29, 0.717) is 10.7 Å². The van der Waals surface area contributed by atoms with Gasteiger partial charge in [0, 0.05) is 10.4 Å². The first-order chi connectivity index (χ1) is 12.6. The zero-order valence-corrected chi connectivity index (χ0v) is 14.8. The third-order valence-corrected chi connectivity index (χ3v) is 5.42. The van der Waals surface area contributed by atoms with E-state index in [9.17, 15) is 14.3 Å². The molecule has 0 atom stereocenters. The summed E-state index contributed by atoms with van der Waals surface area (Å²) in [7, 11) is 0. The first kappa shape index (κ1) is 16.5. The molecule has 0 unspecified atom stereocenters. The molecule has 0 aliphatic rings. The number of thiazole rings is 1. The molecular weight excluding hydrogens is 351 g/mol. The number of hydrogen-bond acceptors (Lipinski definition) is 3. The van der Waals surface area contributed by atoms with Crippen LogP contribution in [-0.4, -0.2) is 20.5 Å². The van der Waals surface area contributed by atoms with Crippen LogP contribution in [0.2, 0.25) is 0 Å². The number of benzene rings is 2. The largest absolute Gasteiger partial charge is 0.476 e. The van der Waals surface area contributed by atoms with Crippen LogP contribution < -0.4 is 0 Å². The minimum atomic E-state index is -1.04. The standard InChI is InChI=1S/C20H15FN2O2S/c1-2-15-17(13-8-10-14(21)11-9-13)23-18(19(24)25)16(22-20(23)26-15)12-6-4-3-5-7-12/h3-11H,2H2,1H3,(H,24,25). The second-order valence-corrected chi connectivity index (χ2v) is 6.89. The highest BCUT2D eigenvalue weighted by Crippen LogP contribution is 2.37. The molecule has 0 aliphatic carbocycles. The summed E-state index contributed by atoms with van der Waals surface area (Å²) in [6.45, 7) is 2.01. The third-order valence-electron chi connectivity index (χ3n) is 4.24. The normalized spacial score (nSPS) is 11.2. The van der Waals surface area contributed by atoms with Gasteiger partial charge in [-0.2, -0.15) is 0 Å². The number of aromatic nitrogens is 2. The van der Waals surface area contributed by atoms with E-state index in [2.05, 4.69) is 4.98 Å². The van der Waals surface area contributed by atoms with Gasteiger partial charge < -0.3 is 5.11 Å². The minimum absolute atomic E-state index is 0.126. The molecule has 2 aromatic heterocycles. The van der Waals surface area contributed by atoms with Crippen LogP contribution in [0.15, 0.2) is 54.6 Å². The maximum atomic E-state index is 13.3. The molecule has 0 fully saturated rings. The van der Waals surface area contributed by atoms with E-state index in [1.54, 1.807) is 16.5 Å². The van der Waals surface area contributed by atoms with Crippen LogP contribution in [-0.2, 0) is 6.42 Å². The summed E-state index contributed by atoms with van der Waals surface area (Å²) in [5.41, 5.74) is 2.86. The van der Waals surface area contributed by atoms with E-state index in [0.717, 1.165) is 28.1 Å². The summed E-state index contributed by atoms with van der Waals surface area (Å²) in [6.07, 6.45) is 0.737. The number of carboxylic acids is 1. The Labute approximate surface area is 153 Å². The summed E-state index contributed by atoms with van der Waals surface area (Å²) in [5.74, 6) is -1.37. The highest BCUT2D eigenvalue weighted by Gasteiger charge is 2.25. The lowest BCUT2D eigenvalue weighted by molar-refractivity contribution is 0.0690. The van der Waals surface area contributed by atoms with Crippen molar-refractivity contribution >= 4 is 22.3 Å². The molecule has 0 saturated carbocycles. The van der Waals surface area contributed by atoms with E-state index < -0.39 is 5.97 Å². The molecule has 130 valence electrons. The summed E-state index contributed by atoms with van der Waals surface area (Å²) < 4.78 is 15.0. The van der Waals surface area contributed by atoms with Crippen LogP contribution in [0.3, 0.4) is 0 Å². The smallest absolute Gasteiger partial charge is 0.355 e. The molecule has 26 heavy (non-hydrogen) atoms. The number of imidazole rings is 1. The Morgan fingerprint density at radius 2 is 1.81 bits per heavy atom. The van der Waals surface area contributed by atoms with E-state index in [4.69, 9.17) is 0 Å². The fraction of sp³-hybridized carbons (Fsp3) is 0.100. The molecule has 0 saturated heterocycles.